The molecule has 1 rings (SSSR count). The van der Waals surface area contributed by atoms with Crippen LogP contribution in [0.15, 0.2) is 0 Å². The second-order valence-corrected chi connectivity index (χ2v) is 7.40. The van der Waals surface area contributed by atoms with Gasteiger partial charge >= 0.3 is 11.9 Å². The Morgan fingerprint density at radius 1 is 1.41 bits per heavy atom. The number of nitrogens with zero attached hydrogens (tertiary/aromatic N) is 1. The SMILES string of the molecule is CCN(CC(=O)O)C1CC(NS(=O)(=O)CC(C)C(=O)OC)C1. The summed E-state index contributed by atoms with van der Waals surface area (Å²) < 4.78 is 31.0. The molecule has 0 aliphatic heterocycles. The van der Waals surface area contributed by atoms with Gasteiger partial charge in [0.15, 0.2) is 0 Å². The topological polar surface area (TPSA) is 113 Å². The van der Waals surface area contributed by atoms with Crippen molar-refractivity contribution in [1.82, 2.24) is 9.62 Å². The average Bonchev–Trinajstić information content (AvgIpc) is 2.38. The van der Waals surface area contributed by atoms with E-state index >= 15 is 0 Å². The third-order valence-corrected chi connectivity index (χ3v) is 5.42. The van der Waals surface area contributed by atoms with Gasteiger partial charge in [0.1, 0.15) is 0 Å². The van der Waals surface area contributed by atoms with Gasteiger partial charge in [-0.25, -0.2) is 13.1 Å². The van der Waals surface area contributed by atoms with E-state index in [0.717, 1.165) is 0 Å². The van der Waals surface area contributed by atoms with Gasteiger partial charge in [0.2, 0.25) is 10.0 Å². The summed E-state index contributed by atoms with van der Waals surface area (Å²) in [6.45, 7) is 3.94. The van der Waals surface area contributed by atoms with Gasteiger partial charge in [-0.15, -0.1) is 0 Å². The largest absolute Gasteiger partial charge is 0.480 e. The number of carbonyl (C=O) groups excluding carboxylic acids is 1. The molecule has 22 heavy (non-hydrogen) atoms. The number of nitrogens with one attached hydrogen (secondary N) is 1. The molecule has 1 saturated carbocycles. The van der Waals surface area contributed by atoms with E-state index in [-0.39, 0.29) is 24.4 Å². The third kappa shape index (κ3) is 5.54. The molecule has 0 heterocycles. The molecule has 8 nitrogen and oxygen atoms in total. The van der Waals surface area contributed by atoms with Gasteiger partial charge in [-0.1, -0.05) is 13.8 Å². The number of methoxy groups -OCH3 is 1. The predicted octanol–water partition coefficient (Wildman–Crippen LogP) is -0.348. The zero-order valence-corrected chi connectivity index (χ0v) is 13.9. The molecule has 0 bridgehead atoms. The Morgan fingerprint density at radius 2 is 2.00 bits per heavy atom. The molecule has 0 amide bonds. The zero-order chi connectivity index (χ0) is 16.9. The van der Waals surface area contributed by atoms with Crippen LogP contribution in [-0.2, 0) is 24.3 Å². The number of carboxylic acids is 1. The number of ether oxygens (including phenoxy) is 1. The van der Waals surface area contributed by atoms with Gasteiger partial charge in [0, 0.05) is 12.1 Å². The van der Waals surface area contributed by atoms with E-state index < -0.39 is 27.9 Å². The standard InChI is InChI=1S/C13H24N2O6S/c1-4-15(7-12(16)17)11-5-10(6-11)14-22(19,20)8-9(2)13(18)21-3/h9-11,14H,4-8H2,1-3H3,(H,16,17). The van der Waals surface area contributed by atoms with Crippen LogP contribution in [0.5, 0.6) is 0 Å². The lowest BCUT2D eigenvalue weighted by atomic mass is 9.86. The predicted molar refractivity (Wildman–Crippen MR) is 79.8 cm³/mol. The van der Waals surface area contributed by atoms with Crippen LogP contribution in [-0.4, -0.2) is 68.4 Å². The van der Waals surface area contributed by atoms with Crippen molar-refractivity contribution < 1.29 is 27.9 Å². The quantitative estimate of drug-likeness (QED) is 0.553. The van der Waals surface area contributed by atoms with Crippen molar-refractivity contribution in [2.45, 2.75) is 38.8 Å². The van der Waals surface area contributed by atoms with Crippen LogP contribution >= 0.6 is 0 Å². The number of hydrogen-bond acceptors (Lipinski definition) is 6. The van der Waals surface area contributed by atoms with Gasteiger partial charge in [-0.05, 0) is 19.4 Å². The molecule has 2 N–H and O–H groups in total. The molecule has 0 spiro atoms. The Hall–Kier alpha value is -1.19. The van der Waals surface area contributed by atoms with Crippen LogP contribution in [0.2, 0.25) is 0 Å². The Labute approximate surface area is 130 Å². The molecule has 9 heteroatoms. The molecule has 1 aliphatic carbocycles. The second kappa shape index (κ2) is 7.89. The van der Waals surface area contributed by atoms with Crippen LogP contribution in [0.4, 0.5) is 0 Å². The number of carboxylic acid groups (broad SMARTS) is 1. The van der Waals surface area contributed by atoms with Crippen molar-refractivity contribution >= 4 is 22.0 Å². The van der Waals surface area contributed by atoms with Crippen LogP contribution in [0.3, 0.4) is 0 Å². The van der Waals surface area contributed by atoms with E-state index in [9.17, 15) is 18.0 Å². The summed E-state index contributed by atoms with van der Waals surface area (Å²) in [6, 6.07) is -0.130. The lowest BCUT2D eigenvalue weighted by Gasteiger charge is -2.42. The van der Waals surface area contributed by atoms with Crippen LogP contribution in [0.25, 0.3) is 0 Å². The molecule has 0 aromatic heterocycles. The van der Waals surface area contributed by atoms with E-state index in [4.69, 9.17) is 5.11 Å². The Balaban J connectivity index is 2.44. The van der Waals surface area contributed by atoms with Gasteiger partial charge in [0.05, 0.1) is 25.3 Å². The lowest BCUT2D eigenvalue weighted by Crippen LogP contribution is -2.55. The minimum atomic E-state index is -3.56. The lowest BCUT2D eigenvalue weighted by molar-refractivity contribution is -0.144. The summed E-state index contributed by atoms with van der Waals surface area (Å²) in [5.74, 6) is -2.49. The first-order valence-corrected chi connectivity index (χ1v) is 8.87. The molecular formula is C13H24N2O6S. The van der Waals surface area contributed by atoms with E-state index in [0.29, 0.717) is 19.4 Å². The number of hydrogen-bond donors (Lipinski definition) is 2. The van der Waals surface area contributed by atoms with Crippen molar-refractivity contribution in [1.29, 1.82) is 0 Å². The average molecular weight is 336 g/mol. The molecule has 0 aromatic carbocycles. The summed E-state index contributed by atoms with van der Waals surface area (Å²) >= 11 is 0. The Bertz CT molecular complexity index is 501. The monoisotopic (exact) mass is 336 g/mol. The summed E-state index contributed by atoms with van der Waals surface area (Å²) in [6.07, 6.45) is 1.15. The highest BCUT2D eigenvalue weighted by atomic mass is 32.2. The van der Waals surface area contributed by atoms with Gasteiger partial charge in [-0.2, -0.15) is 0 Å². The van der Waals surface area contributed by atoms with E-state index in [1.165, 1.54) is 14.0 Å². The maximum atomic E-state index is 12.0. The minimum absolute atomic E-state index is 0.0417. The van der Waals surface area contributed by atoms with Crippen LogP contribution in [0, 0.1) is 5.92 Å². The number of likely N-dealkylation sites (N-methyl/N-ethyl adjacent to an activating group) is 1. The molecule has 128 valence electrons. The fraction of sp³-hybridized carbons (Fsp3) is 0.846. The highest BCUT2D eigenvalue weighted by Gasteiger charge is 2.36. The normalized spacial score (nSPS) is 22.9. The summed E-state index contributed by atoms with van der Waals surface area (Å²) in [5, 5.41) is 8.81. The van der Waals surface area contributed by atoms with Crippen molar-refractivity contribution in [3.63, 3.8) is 0 Å². The first-order chi connectivity index (χ1) is 10.2. The van der Waals surface area contributed by atoms with Crippen LogP contribution in [0.1, 0.15) is 26.7 Å². The van der Waals surface area contributed by atoms with Crippen molar-refractivity contribution in [2.24, 2.45) is 5.92 Å². The fourth-order valence-electron chi connectivity index (χ4n) is 2.56. The second-order valence-electron chi connectivity index (χ2n) is 5.60. The summed E-state index contributed by atoms with van der Waals surface area (Å²) in [4.78, 5) is 23.8. The van der Waals surface area contributed by atoms with Crippen LogP contribution < -0.4 is 4.72 Å². The van der Waals surface area contributed by atoms with E-state index in [2.05, 4.69) is 9.46 Å². The number of sulfonamides is 1. The Kier molecular flexibility index (Phi) is 6.76. The highest BCUT2D eigenvalue weighted by molar-refractivity contribution is 7.89. The maximum absolute atomic E-state index is 12.0. The molecule has 0 saturated heterocycles. The molecule has 0 aromatic rings. The van der Waals surface area contributed by atoms with Crippen molar-refractivity contribution in [3.8, 4) is 0 Å². The molecule has 1 aliphatic rings. The zero-order valence-electron chi connectivity index (χ0n) is 13.1. The minimum Gasteiger partial charge on any atom is -0.480 e. The van der Waals surface area contributed by atoms with Crippen molar-refractivity contribution in [3.05, 3.63) is 0 Å². The smallest absolute Gasteiger partial charge is 0.317 e. The Morgan fingerprint density at radius 3 is 2.45 bits per heavy atom. The molecular weight excluding hydrogens is 312 g/mol. The summed E-state index contributed by atoms with van der Waals surface area (Å²) in [5.41, 5.74) is 0. The first kappa shape index (κ1) is 18.9. The molecule has 1 unspecified atom stereocenters. The van der Waals surface area contributed by atoms with Gasteiger partial charge in [0.25, 0.3) is 0 Å². The molecule has 0 radical (unpaired) electrons. The number of esters is 1. The fourth-order valence-corrected chi connectivity index (χ4v) is 4.15. The number of rotatable bonds is 9. The van der Waals surface area contributed by atoms with E-state index in [1.807, 2.05) is 11.8 Å². The van der Waals surface area contributed by atoms with Gasteiger partial charge in [-0.3, -0.25) is 14.5 Å². The maximum Gasteiger partial charge on any atom is 0.317 e. The first-order valence-electron chi connectivity index (χ1n) is 7.22. The highest BCUT2D eigenvalue weighted by Crippen LogP contribution is 2.26. The van der Waals surface area contributed by atoms with E-state index in [1.54, 1.807) is 0 Å². The number of aliphatic carboxylic acids is 1. The third-order valence-electron chi connectivity index (χ3n) is 3.79. The molecule has 1 atom stereocenters. The van der Waals surface area contributed by atoms with Crippen molar-refractivity contribution in [2.75, 3.05) is 26.0 Å². The summed E-state index contributed by atoms with van der Waals surface area (Å²) in [7, 11) is -2.34. The van der Waals surface area contributed by atoms with Gasteiger partial charge < -0.3 is 9.84 Å². The number of carbonyl (C=O) groups is 2. The molecule has 1 fully saturated rings.